The van der Waals surface area contributed by atoms with Crippen LogP contribution >= 0.6 is 0 Å². The number of nitrogens with zero attached hydrogens (tertiary/aromatic N) is 1. The number of nitrogens with two attached hydrogens (primary N) is 1. The van der Waals surface area contributed by atoms with Crippen LogP contribution in [0.1, 0.15) is 13.3 Å². The van der Waals surface area contributed by atoms with Gasteiger partial charge in [-0.25, -0.2) is 0 Å². The summed E-state index contributed by atoms with van der Waals surface area (Å²) in [5.41, 5.74) is 6.08. The molecule has 2 unspecified atom stereocenters. The number of ether oxygens (including phenoxy) is 1. The molecule has 108 valence electrons. The van der Waals surface area contributed by atoms with E-state index in [0.29, 0.717) is 5.52 Å². The largest absolute Gasteiger partial charge is 0.479 e. The second kappa shape index (κ2) is 5.66. The van der Waals surface area contributed by atoms with Crippen molar-refractivity contribution >= 4 is 10.9 Å². The fraction of sp³-hybridized carbons (Fsp3) is 0.357. The van der Waals surface area contributed by atoms with Crippen molar-refractivity contribution in [3.05, 3.63) is 36.5 Å². The van der Waals surface area contributed by atoms with E-state index in [0.717, 1.165) is 5.39 Å². The molecule has 1 aromatic carbocycles. The molecule has 3 nitrogen and oxygen atoms in total. The van der Waals surface area contributed by atoms with Crippen LogP contribution in [0.5, 0.6) is 5.75 Å². The third-order valence-electron chi connectivity index (χ3n) is 3.02. The van der Waals surface area contributed by atoms with Crippen molar-refractivity contribution in [3.8, 4) is 5.75 Å². The van der Waals surface area contributed by atoms with Gasteiger partial charge in [-0.15, -0.1) is 0 Å². The Kier molecular flexibility index (Phi) is 4.13. The van der Waals surface area contributed by atoms with E-state index in [4.69, 9.17) is 10.5 Å². The molecule has 6 heteroatoms. The number of benzene rings is 1. The number of rotatable bonds is 4. The summed E-state index contributed by atoms with van der Waals surface area (Å²) in [5.74, 6) is 0.113. The lowest BCUT2D eigenvalue weighted by Crippen LogP contribution is -2.48. The summed E-state index contributed by atoms with van der Waals surface area (Å²) in [6.45, 7) is 1.59. The predicted octanol–water partition coefficient (Wildman–Crippen LogP) is 3.28. The van der Waals surface area contributed by atoms with Gasteiger partial charge in [0.25, 0.3) is 0 Å². The maximum atomic E-state index is 12.9. The van der Waals surface area contributed by atoms with Crippen molar-refractivity contribution in [2.45, 2.75) is 31.7 Å². The lowest BCUT2D eigenvalue weighted by Gasteiger charge is -2.26. The first-order valence-corrected chi connectivity index (χ1v) is 6.25. The normalized spacial score (nSPS) is 15.1. The molecule has 0 saturated carbocycles. The molecule has 0 saturated heterocycles. The predicted molar refractivity (Wildman–Crippen MR) is 70.5 cm³/mol. The first-order chi connectivity index (χ1) is 9.41. The van der Waals surface area contributed by atoms with Gasteiger partial charge in [-0.05, 0) is 24.6 Å². The molecule has 0 radical (unpaired) electrons. The number of pyridine rings is 1. The molecule has 2 N–H and O–H groups in total. The number of hydrogen-bond donors (Lipinski definition) is 1. The van der Waals surface area contributed by atoms with Crippen LogP contribution in [-0.2, 0) is 0 Å². The molecule has 0 fully saturated rings. The van der Waals surface area contributed by atoms with Gasteiger partial charge in [0.15, 0.2) is 0 Å². The zero-order chi connectivity index (χ0) is 14.8. The van der Waals surface area contributed by atoms with E-state index < -0.39 is 18.3 Å². The van der Waals surface area contributed by atoms with Crippen molar-refractivity contribution in [1.29, 1.82) is 0 Å². The van der Waals surface area contributed by atoms with Crippen LogP contribution in [0.3, 0.4) is 0 Å². The monoisotopic (exact) mass is 284 g/mol. The molecular formula is C14H15F3N2O. The second-order valence-corrected chi connectivity index (χ2v) is 4.51. The number of hydrogen-bond acceptors (Lipinski definition) is 3. The molecular weight excluding hydrogens is 269 g/mol. The van der Waals surface area contributed by atoms with Gasteiger partial charge in [0.1, 0.15) is 5.75 Å². The third-order valence-corrected chi connectivity index (χ3v) is 3.02. The highest BCUT2D eigenvalue weighted by atomic mass is 19.4. The Labute approximate surface area is 114 Å². The van der Waals surface area contributed by atoms with Crippen molar-refractivity contribution in [2.75, 3.05) is 0 Å². The molecule has 2 atom stereocenters. The lowest BCUT2D eigenvalue weighted by molar-refractivity contribution is -0.200. The number of alkyl halides is 3. The zero-order valence-electron chi connectivity index (χ0n) is 10.9. The molecule has 2 rings (SSSR count). The van der Waals surface area contributed by atoms with Gasteiger partial charge in [0.2, 0.25) is 6.10 Å². The Bertz CT molecular complexity index is 586. The molecule has 2 aromatic rings. The summed E-state index contributed by atoms with van der Waals surface area (Å²) >= 11 is 0. The second-order valence-electron chi connectivity index (χ2n) is 4.51. The zero-order valence-corrected chi connectivity index (χ0v) is 10.9. The first kappa shape index (κ1) is 14.6. The Hall–Kier alpha value is -1.82. The summed E-state index contributed by atoms with van der Waals surface area (Å²) in [7, 11) is 0. The Morgan fingerprint density at radius 2 is 2.05 bits per heavy atom. The maximum Gasteiger partial charge on any atom is 0.426 e. The summed E-state index contributed by atoms with van der Waals surface area (Å²) in [6, 6.07) is 7.12. The smallest absolute Gasteiger partial charge is 0.426 e. The fourth-order valence-corrected chi connectivity index (χ4v) is 1.88. The van der Waals surface area contributed by atoms with Gasteiger partial charge in [-0.3, -0.25) is 4.98 Å². The van der Waals surface area contributed by atoms with Crippen molar-refractivity contribution in [3.63, 3.8) is 0 Å². The Balaban J connectivity index is 2.28. The maximum absolute atomic E-state index is 12.9. The van der Waals surface area contributed by atoms with Crippen molar-refractivity contribution in [2.24, 2.45) is 5.73 Å². The molecule has 20 heavy (non-hydrogen) atoms. The van der Waals surface area contributed by atoms with Crippen LogP contribution in [0.25, 0.3) is 10.9 Å². The van der Waals surface area contributed by atoms with Crippen LogP contribution < -0.4 is 10.5 Å². The molecule has 0 aliphatic rings. The van der Waals surface area contributed by atoms with E-state index in [-0.39, 0.29) is 12.2 Å². The average Bonchev–Trinajstić information content (AvgIpc) is 2.42. The summed E-state index contributed by atoms with van der Waals surface area (Å²) in [5, 5.41) is 0.836. The van der Waals surface area contributed by atoms with E-state index in [1.807, 2.05) is 6.07 Å². The molecule has 0 aliphatic heterocycles. The van der Waals surface area contributed by atoms with Gasteiger partial charge in [0, 0.05) is 17.6 Å². The molecule has 0 aliphatic carbocycles. The van der Waals surface area contributed by atoms with E-state index in [2.05, 4.69) is 4.98 Å². The van der Waals surface area contributed by atoms with Gasteiger partial charge in [-0.1, -0.05) is 13.0 Å². The quantitative estimate of drug-likeness (QED) is 0.937. The molecule has 0 bridgehead atoms. The molecule has 1 aromatic heterocycles. The average molecular weight is 284 g/mol. The van der Waals surface area contributed by atoms with Gasteiger partial charge in [-0.2, -0.15) is 13.2 Å². The fourth-order valence-electron chi connectivity index (χ4n) is 1.88. The molecule has 0 spiro atoms. The number of fused-ring (bicyclic) bond motifs is 1. The van der Waals surface area contributed by atoms with Crippen LogP contribution in [0.2, 0.25) is 0 Å². The standard InChI is InChI=1S/C14H15F3N2O/c1-2-11(18)13(14(15,16)17)20-10-6-5-9-4-3-7-19-12(9)8-10/h3-8,11,13H,2,18H2,1H3. The highest BCUT2D eigenvalue weighted by Crippen LogP contribution is 2.29. The highest BCUT2D eigenvalue weighted by molar-refractivity contribution is 5.79. The number of halogens is 3. The summed E-state index contributed by atoms with van der Waals surface area (Å²) < 4.78 is 43.9. The highest BCUT2D eigenvalue weighted by Gasteiger charge is 2.45. The molecule has 0 amide bonds. The molecule has 1 heterocycles. The van der Waals surface area contributed by atoms with Crippen LogP contribution in [-0.4, -0.2) is 23.3 Å². The minimum Gasteiger partial charge on any atom is -0.479 e. The summed E-state index contributed by atoms with van der Waals surface area (Å²) in [4.78, 5) is 4.08. The third kappa shape index (κ3) is 3.19. The first-order valence-electron chi connectivity index (χ1n) is 6.25. The SMILES string of the molecule is CCC(N)C(Oc1ccc2cccnc2c1)C(F)(F)F. The topological polar surface area (TPSA) is 48.1 Å². The number of aromatic nitrogens is 1. The van der Waals surface area contributed by atoms with Crippen molar-refractivity contribution < 1.29 is 17.9 Å². The van der Waals surface area contributed by atoms with Gasteiger partial charge < -0.3 is 10.5 Å². The van der Waals surface area contributed by atoms with E-state index in [9.17, 15) is 13.2 Å². The van der Waals surface area contributed by atoms with Gasteiger partial charge in [0.05, 0.1) is 11.6 Å². The van der Waals surface area contributed by atoms with Crippen LogP contribution in [0.4, 0.5) is 13.2 Å². The van der Waals surface area contributed by atoms with E-state index in [1.165, 1.54) is 12.1 Å². The van der Waals surface area contributed by atoms with E-state index in [1.54, 1.807) is 25.3 Å². The minimum absolute atomic E-state index is 0.113. The van der Waals surface area contributed by atoms with Crippen LogP contribution in [0, 0.1) is 0 Å². The summed E-state index contributed by atoms with van der Waals surface area (Å²) in [6.07, 6.45) is -4.77. The van der Waals surface area contributed by atoms with Crippen molar-refractivity contribution in [1.82, 2.24) is 4.98 Å². The van der Waals surface area contributed by atoms with Crippen LogP contribution in [0.15, 0.2) is 36.5 Å². The minimum atomic E-state index is -4.51. The lowest BCUT2D eigenvalue weighted by atomic mass is 10.1. The Morgan fingerprint density at radius 3 is 2.70 bits per heavy atom. The Morgan fingerprint density at radius 1 is 1.30 bits per heavy atom. The van der Waals surface area contributed by atoms with E-state index >= 15 is 0 Å². The van der Waals surface area contributed by atoms with Gasteiger partial charge >= 0.3 is 6.18 Å².